The van der Waals surface area contributed by atoms with E-state index in [0.29, 0.717) is 18.8 Å². The number of ether oxygens (including phenoxy) is 2. The molecule has 1 amide bonds. The molecule has 1 saturated heterocycles. The summed E-state index contributed by atoms with van der Waals surface area (Å²) in [5, 5.41) is 5.46. The van der Waals surface area contributed by atoms with Crippen LogP contribution in [0.5, 0.6) is 5.75 Å². The Morgan fingerprint density at radius 2 is 2.39 bits per heavy atom. The normalized spacial score (nSPS) is 18.3. The molecule has 18 heavy (non-hydrogen) atoms. The maximum atomic E-state index is 13.3. The van der Waals surface area contributed by atoms with E-state index in [1.165, 1.54) is 12.1 Å². The molecule has 0 saturated carbocycles. The van der Waals surface area contributed by atoms with Crippen LogP contribution in [0, 0.1) is 5.82 Å². The highest BCUT2D eigenvalue weighted by atomic mass is 19.1. The van der Waals surface area contributed by atoms with Crippen molar-refractivity contribution in [2.75, 3.05) is 20.2 Å². The first-order valence-corrected chi connectivity index (χ1v) is 5.68. The first-order valence-electron chi connectivity index (χ1n) is 5.68. The number of hydrogen-bond acceptors (Lipinski definition) is 4. The summed E-state index contributed by atoms with van der Waals surface area (Å²) in [7, 11) is 1.79. The van der Waals surface area contributed by atoms with Gasteiger partial charge in [0.1, 0.15) is 18.2 Å². The highest BCUT2D eigenvalue weighted by Gasteiger charge is 2.22. The molecule has 1 aromatic rings. The molecule has 1 fully saturated rings. The Balaban J connectivity index is 1.94. The van der Waals surface area contributed by atoms with Crippen LogP contribution in [-0.2, 0) is 11.3 Å². The Morgan fingerprint density at radius 3 is 3.06 bits per heavy atom. The van der Waals surface area contributed by atoms with Crippen molar-refractivity contribution in [1.29, 1.82) is 0 Å². The van der Waals surface area contributed by atoms with E-state index in [9.17, 15) is 9.18 Å². The Hall–Kier alpha value is -1.82. The Kier molecular flexibility index (Phi) is 3.99. The van der Waals surface area contributed by atoms with Crippen LogP contribution in [0.2, 0.25) is 0 Å². The van der Waals surface area contributed by atoms with Crippen LogP contribution in [0.25, 0.3) is 0 Å². The molecular formula is C12H15FN2O3. The number of carbonyl (C=O) groups is 1. The highest BCUT2D eigenvalue weighted by molar-refractivity contribution is 5.69. The second-order valence-electron chi connectivity index (χ2n) is 4.04. The van der Waals surface area contributed by atoms with E-state index in [1.54, 1.807) is 13.1 Å². The predicted molar refractivity (Wildman–Crippen MR) is 62.9 cm³/mol. The van der Waals surface area contributed by atoms with Crippen LogP contribution in [0.15, 0.2) is 18.2 Å². The highest BCUT2D eigenvalue weighted by Crippen LogP contribution is 2.17. The lowest BCUT2D eigenvalue weighted by molar-refractivity contribution is 0.104. The van der Waals surface area contributed by atoms with Gasteiger partial charge in [0, 0.05) is 12.6 Å². The van der Waals surface area contributed by atoms with E-state index in [4.69, 9.17) is 9.47 Å². The van der Waals surface area contributed by atoms with E-state index in [-0.39, 0.29) is 18.5 Å². The third-order valence-electron chi connectivity index (χ3n) is 2.50. The number of benzene rings is 1. The average Bonchev–Trinajstić information content (AvgIpc) is 2.72. The monoisotopic (exact) mass is 254 g/mol. The number of alkyl carbamates (subject to hydrolysis) is 1. The van der Waals surface area contributed by atoms with Gasteiger partial charge in [-0.15, -0.1) is 0 Å². The van der Waals surface area contributed by atoms with Crippen molar-refractivity contribution < 1.29 is 18.7 Å². The van der Waals surface area contributed by atoms with Crippen LogP contribution >= 0.6 is 0 Å². The summed E-state index contributed by atoms with van der Waals surface area (Å²) in [5.41, 5.74) is 0.800. The second kappa shape index (κ2) is 5.68. The fourth-order valence-corrected chi connectivity index (χ4v) is 1.72. The summed E-state index contributed by atoms with van der Waals surface area (Å²) in [6, 6.07) is 4.51. The molecule has 1 aromatic carbocycles. The molecular weight excluding hydrogens is 239 g/mol. The first kappa shape index (κ1) is 12.6. The molecule has 0 spiro atoms. The van der Waals surface area contributed by atoms with Crippen molar-refractivity contribution in [3.8, 4) is 5.75 Å². The predicted octanol–water partition coefficient (Wildman–Crippen LogP) is 1.03. The minimum Gasteiger partial charge on any atom is -0.490 e. The van der Waals surface area contributed by atoms with Crippen LogP contribution in [0.1, 0.15) is 5.56 Å². The SMILES string of the molecule is CNCc1cc(F)cc(OCC2CNC(=O)O2)c1. The molecule has 5 nitrogen and oxygen atoms in total. The quantitative estimate of drug-likeness (QED) is 0.824. The first-order chi connectivity index (χ1) is 8.67. The third kappa shape index (κ3) is 3.33. The van der Waals surface area contributed by atoms with Crippen LogP contribution in [0.4, 0.5) is 9.18 Å². The summed E-state index contributed by atoms with van der Waals surface area (Å²) in [6.07, 6.45) is -0.771. The van der Waals surface area contributed by atoms with Gasteiger partial charge in [-0.25, -0.2) is 9.18 Å². The zero-order valence-electron chi connectivity index (χ0n) is 10.0. The molecule has 1 atom stereocenters. The number of nitrogens with one attached hydrogen (secondary N) is 2. The summed E-state index contributed by atoms with van der Waals surface area (Å²) in [5.74, 6) is 0.0856. The fourth-order valence-electron chi connectivity index (χ4n) is 1.72. The summed E-state index contributed by atoms with van der Waals surface area (Å²) in [6.45, 7) is 1.19. The van der Waals surface area contributed by atoms with Gasteiger partial charge in [0.25, 0.3) is 0 Å². The second-order valence-corrected chi connectivity index (χ2v) is 4.04. The van der Waals surface area contributed by atoms with Crippen molar-refractivity contribution in [1.82, 2.24) is 10.6 Å². The van der Waals surface area contributed by atoms with Gasteiger partial charge in [-0.05, 0) is 24.7 Å². The van der Waals surface area contributed by atoms with E-state index < -0.39 is 6.09 Å². The molecule has 1 heterocycles. The van der Waals surface area contributed by atoms with E-state index in [0.717, 1.165) is 5.56 Å². The zero-order chi connectivity index (χ0) is 13.0. The Bertz CT molecular complexity index is 439. The molecule has 2 N–H and O–H groups in total. The van der Waals surface area contributed by atoms with Crippen molar-refractivity contribution in [2.45, 2.75) is 12.6 Å². The van der Waals surface area contributed by atoms with Gasteiger partial charge >= 0.3 is 6.09 Å². The minimum atomic E-state index is -0.446. The molecule has 0 bridgehead atoms. The van der Waals surface area contributed by atoms with Crippen molar-refractivity contribution in [2.24, 2.45) is 0 Å². The average molecular weight is 254 g/mol. The number of hydrogen-bond donors (Lipinski definition) is 2. The molecule has 1 unspecified atom stereocenters. The van der Waals surface area contributed by atoms with E-state index >= 15 is 0 Å². The van der Waals surface area contributed by atoms with Crippen LogP contribution in [0.3, 0.4) is 0 Å². The minimum absolute atomic E-state index is 0.210. The smallest absolute Gasteiger partial charge is 0.407 e. The van der Waals surface area contributed by atoms with Crippen LogP contribution < -0.4 is 15.4 Å². The fraction of sp³-hybridized carbons (Fsp3) is 0.417. The molecule has 1 aliphatic heterocycles. The third-order valence-corrected chi connectivity index (χ3v) is 2.50. The van der Waals surface area contributed by atoms with Gasteiger partial charge in [0.2, 0.25) is 0 Å². The topological polar surface area (TPSA) is 59.6 Å². The lowest BCUT2D eigenvalue weighted by atomic mass is 10.2. The summed E-state index contributed by atoms with van der Waals surface area (Å²) >= 11 is 0. The molecule has 0 aromatic heterocycles. The van der Waals surface area contributed by atoms with Gasteiger partial charge in [0.05, 0.1) is 6.54 Å². The van der Waals surface area contributed by atoms with Gasteiger partial charge in [-0.2, -0.15) is 0 Å². The maximum absolute atomic E-state index is 13.3. The Morgan fingerprint density at radius 1 is 1.56 bits per heavy atom. The number of carbonyl (C=O) groups excluding carboxylic acids is 1. The lowest BCUT2D eigenvalue weighted by Crippen LogP contribution is -2.22. The molecule has 98 valence electrons. The number of rotatable bonds is 5. The molecule has 6 heteroatoms. The van der Waals surface area contributed by atoms with Crippen molar-refractivity contribution >= 4 is 6.09 Å². The van der Waals surface area contributed by atoms with Gasteiger partial charge < -0.3 is 20.1 Å². The Labute approximate surface area is 104 Å². The maximum Gasteiger partial charge on any atom is 0.407 e. The number of halogens is 1. The standard InChI is InChI=1S/C12H15FN2O3/c1-14-5-8-2-9(13)4-10(3-8)17-7-11-6-15-12(16)18-11/h2-4,11,14H,5-7H2,1H3,(H,15,16). The zero-order valence-corrected chi connectivity index (χ0v) is 10.0. The molecule has 1 aliphatic rings. The number of cyclic esters (lactones) is 1. The van der Waals surface area contributed by atoms with Crippen LogP contribution in [-0.4, -0.2) is 32.4 Å². The van der Waals surface area contributed by atoms with Gasteiger partial charge in [0.15, 0.2) is 6.10 Å². The number of amides is 1. The molecule has 2 rings (SSSR count). The summed E-state index contributed by atoms with van der Waals surface area (Å²) in [4.78, 5) is 10.8. The van der Waals surface area contributed by atoms with Gasteiger partial charge in [-0.1, -0.05) is 0 Å². The van der Waals surface area contributed by atoms with Crippen molar-refractivity contribution in [3.05, 3.63) is 29.6 Å². The van der Waals surface area contributed by atoms with Gasteiger partial charge in [-0.3, -0.25) is 0 Å². The van der Waals surface area contributed by atoms with Crippen molar-refractivity contribution in [3.63, 3.8) is 0 Å². The lowest BCUT2D eigenvalue weighted by Gasteiger charge is -2.11. The van der Waals surface area contributed by atoms with E-state index in [2.05, 4.69) is 10.6 Å². The molecule has 0 radical (unpaired) electrons. The van der Waals surface area contributed by atoms with E-state index in [1.807, 2.05) is 0 Å². The molecule has 0 aliphatic carbocycles. The summed E-state index contributed by atoms with van der Waals surface area (Å²) < 4.78 is 23.6. The largest absolute Gasteiger partial charge is 0.490 e.